The maximum absolute atomic E-state index is 12.3. The minimum Gasteiger partial charge on any atom is -0.350 e. The van der Waals surface area contributed by atoms with Crippen molar-refractivity contribution >= 4 is 23.4 Å². The second-order valence-corrected chi connectivity index (χ2v) is 5.96. The highest BCUT2D eigenvalue weighted by Gasteiger charge is 2.29. The van der Waals surface area contributed by atoms with Crippen molar-refractivity contribution in [2.75, 3.05) is 5.32 Å². The molecule has 0 bridgehead atoms. The number of benzene rings is 2. The van der Waals surface area contributed by atoms with Crippen LogP contribution >= 0.6 is 0 Å². The van der Waals surface area contributed by atoms with Crippen LogP contribution in [0, 0.1) is 0 Å². The van der Waals surface area contributed by atoms with Crippen molar-refractivity contribution in [3.63, 3.8) is 0 Å². The molecule has 2 atom stereocenters. The van der Waals surface area contributed by atoms with Gasteiger partial charge in [0.25, 0.3) is 5.91 Å². The van der Waals surface area contributed by atoms with Crippen LogP contribution in [0.2, 0.25) is 0 Å². The molecule has 0 aromatic heterocycles. The maximum atomic E-state index is 12.3. The molecule has 0 radical (unpaired) electrons. The molecule has 3 rings (SSSR count). The highest BCUT2D eigenvalue weighted by atomic mass is 16.2. The van der Waals surface area contributed by atoms with Gasteiger partial charge in [-0.2, -0.15) is 0 Å². The van der Waals surface area contributed by atoms with Crippen molar-refractivity contribution in [1.82, 2.24) is 10.6 Å². The topological polar surface area (TPSA) is 87.3 Å². The Morgan fingerprint density at radius 1 is 1.08 bits per heavy atom. The summed E-state index contributed by atoms with van der Waals surface area (Å²) in [6, 6.07) is 15.2. The lowest BCUT2D eigenvalue weighted by molar-refractivity contribution is -0.126. The van der Waals surface area contributed by atoms with E-state index in [2.05, 4.69) is 16.0 Å². The Kier molecular flexibility index (Phi) is 4.79. The van der Waals surface area contributed by atoms with E-state index in [-0.39, 0.29) is 24.3 Å². The van der Waals surface area contributed by atoms with Crippen LogP contribution in [0.5, 0.6) is 0 Å². The van der Waals surface area contributed by atoms with Crippen molar-refractivity contribution < 1.29 is 14.4 Å². The summed E-state index contributed by atoms with van der Waals surface area (Å²) in [4.78, 5) is 36.8. The minimum atomic E-state index is -0.914. The average molecular weight is 337 g/mol. The fourth-order valence-corrected chi connectivity index (χ4v) is 2.77. The lowest BCUT2D eigenvalue weighted by Crippen LogP contribution is -2.44. The molecule has 6 heteroatoms. The summed E-state index contributed by atoms with van der Waals surface area (Å²) >= 11 is 0. The number of carbonyl (C=O) groups excluding carboxylic acids is 3. The van der Waals surface area contributed by atoms with Gasteiger partial charge in [0.15, 0.2) is 0 Å². The van der Waals surface area contributed by atoms with Crippen LogP contribution in [-0.2, 0) is 9.59 Å². The van der Waals surface area contributed by atoms with E-state index in [0.717, 1.165) is 5.56 Å². The minimum absolute atomic E-state index is 0.122. The lowest BCUT2D eigenvalue weighted by atomic mass is 10.1. The monoisotopic (exact) mass is 337 g/mol. The molecule has 1 aliphatic rings. The van der Waals surface area contributed by atoms with Crippen LogP contribution in [0.4, 0.5) is 5.69 Å². The third kappa shape index (κ3) is 3.85. The molecule has 3 amide bonds. The number of hydrogen-bond donors (Lipinski definition) is 3. The molecule has 0 fully saturated rings. The fraction of sp³-hybridized carbons (Fsp3) is 0.211. The quantitative estimate of drug-likeness (QED) is 0.797. The number of fused-ring (bicyclic) bond motifs is 1. The summed E-state index contributed by atoms with van der Waals surface area (Å²) in [5.74, 6) is -1.08. The van der Waals surface area contributed by atoms with Gasteiger partial charge in [-0.3, -0.25) is 14.4 Å². The number of nitrogens with one attached hydrogen (secondary N) is 3. The van der Waals surface area contributed by atoms with Crippen molar-refractivity contribution in [3.8, 4) is 0 Å². The number of anilines is 1. The van der Waals surface area contributed by atoms with E-state index in [1.807, 2.05) is 37.3 Å². The SMILES string of the molecule is C[C@@H](NC(=O)C[C@H]1NC(=O)c2ccccc2NC1=O)c1ccccc1. The molecule has 0 unspecified atom stereocenters. The van der Waals surface area contributed by atoms with Crippen LogP contribution in [0.3, 0.4) is 0 Å². The predicted octanol–water partition coefficient (Wildman–Crippen LogP) is 2.00. The zero-order valence-corrected chi connectivity index (χ0v) is 13.8. The van der Waals surface area contributed by atoms with Crippen LogP contribution in [0.1, 0.15) is 35.3 Å². The first-order chi connectivity index (χ1) is 12.0. The van der Waals surface area contributed by atoms with Gasteiger partial charge in [-0.15, -0.1) is 0 Å². The van der Waals surface area contributed by atoms with Gasteiger partial charge < -0.3 is 16.0 Å². The molecule has 128 valence electrons. The van der Waals surface area contributed by atoms with Gasteiger partial charge in [0, 0.05) is 0 Å². The number of rotatable bonds is 4. The van der Waals surface area contributed by atoms with E-state index < -0.39 is 11.9 Å². The largest absolute Gasteiger partial charge is 0.350 e. The Morgan fingerprint density at radius 2 is 1.76 bits per heavy atom. The first-order valence-electron chi connectivity index (χ1n) is 8.09. The molecule has 1 aliphatic heterocycles. The van der Waals surface area contributed by atoms with Crippen LogP contribution in [0.15, 0.2) is 54.6 Å². The summed E-state index contributed by atoms with van der Waals surface area (Å²) in [6.45, 7) is 1.87. The fourth-order valence-electron chi connectivity index (χ4n) is 2.77. The second-order valence-electron chi connectivity index (χ2n) is 5.96. The summed E-state index contributed by atoms with van der Waals surface area (Å²) in [6.07, 6.45) is -0.122. The Morgan fingerprint density at radius 3 is 2.52 bits per heavy atom. The molecule has 0 aliphatic carbocycles. The van der Waals surface area contributed by atoms with Gasteiger partial charge in [0.05, 0.1) is 23.7 Å². The Balaban J connectivity index is 1.66. The third-order valence-corrected chi connectivity index (χ3v) is 4.12. The van der Waals surface area contributed by atoms with E-state index >= 15 is 0 Å². The van der Waals surface area contributed by atoms with Crippen LogP contribution in [-0.4, -0.2) is 23.8 Å². The van der Waals surface area contributed by atoms with Crippen molar-refractivity contribution in [1.29, 1.82) is 0 Å². The molecule has 0 saturated carbocycles. The highest BCUT2D eigenvalue weighted by molar-refractivity contribution is 6.10. The van der Waals surface area contributed by atoms with Crippen molar-refractivity contribution in [2.24, 2.45) is 0 Å². The number of hydrogen-bond acceptors (Lipinski definition) is 3. The summed E-state index contributed by atoms with van der Waals surface area (Å²) in [7, 11) is 0. The van der Waals surface area contributed by atoms with E-state index in [0.29, 0.717) is 11.3 Å². The zero-order valence-electron chi connectivity index (χ0n) is 13.8. The smallest absolute Gasteiger partial charge is 0.254 e. The predicted molar refractivity (Wildman–Crippen MR) is 93.9 cm³/mol. The van der Waals surface area contributed by atoms with Gasteiger partial charge in [-0.25, -0.2) is 0 Å². The van der Waals surface area contributed by atoms with Gasteiger partial charge in [0.1, 0.15) is 6.04 Å². The molecule has 25 heavy (non-hydrogen) atoms. The maximum Gasteiger partial charge on any atom is 0.254 e. The van der Waals surface area contributed by atoms with Gasteiger partial charge >= 0.3 is 0 Å². The van der Waals surface area contributed by atoms with E-state index in [1.165, 1.54) is 0 Å². The van der Waals surface area contributed by atoms with E-state index in [1.54, 1.807) is 24.3 Å². The molecule has 0 saturated heterocycles. The lowest BCUT2D eigenvalue weighted by Gasteiger charge is -2.18. The van der Waals surface area contributed by atoms with Gasteiger partial charge in [-0.05, 0) is 24.6 Å². The van der Waals surface area contributed by atoms with Gasteiger partial charge in [0.2, 0.25) is 11.8 Å². The third-order valence-electron chi connectivity index (χ3n) is 4.12. The van der Waals surface area contributed by atoms with Gasteiger partial charge in [-0.1, -0.05) is 42.5 Å². The van der Waals surface area contributed by atoms with Crippen LogP contribution in [0.25, 0.3) is 0 Å². The van der Waals surface area contributed by atoms with E-state index in [4.69, 9.17) is 0 Å². The molecule has 2 aromatic rings. The van der Waals surface area contributed by atoms with Crippen LogP contribution < -0.4 is 16.0 Å². The van der Waals surface area contributed by atoms with E-state index in [9.17, 15) is 14.4 Å². The molecule has 6 nitrogen and oxygen atoms in total. The average Bonchev–Trinajstić information content (AvgIpc) is 2.72. The number of carbonyl (C=O) groups is 3. The first-order valence-corrected chi connectivity index (χ1v) is 8.09. The molecule has 0 spiro atoms. The first kappa shape index (κ1) is 16.7. The summed E-state index contributed by atoms with van der Waals surface area (Å²) in [5.41, 5.74) is 1.81. The molecule has 2 aromatic carbocycles. The molecular weight excluding hydrogens is 318 g/mol. The van der Waals surface area contributed by atoms with Crippen molar-refractivity contribution in [3.05, 3.63) is 65.7 Å². The van der Waals surface area contributed by atoms with Crippen molar-refractivity contribution in [2.45, 2.75) is 25.4 Å². The highest BCUT2D eigenvalue weighted by Crippen LogP contribution is 2.19. The Bertz CT molecular complexity index is 805. The Hall–Kier alpha value is -3.15. The number of amides is 3. The normalized spacial score (nSPS) is 17.6. The zero-order chi connectivity index (χ0) is 17.8. The number of para-hydroxylation sites is 1. The summed E-state index contributed by atoms with van der Waals surface area (Å²) in [5, 5.41) is 8.16. The summed E-state index contributed by atoms with van der Waals surface area (Å²) < 4.78 is 0. The molecule has 1 heterocycles. The Labute approximate surface area is 145 Å². The molecule has 3 N–H and O–H groups in total. The second kappa shape index (κ2) is 7.17. The molecular formula is C19H19N3O3. The standard InChI is InChI=1S/C19H19N3O3/c1-12(13-7-3-2-4-8-13)20-17(23)11-16-19(25)21-15-10-6-5-9-14(15)18(24)22-16/h2-10,12,16H,11H2,1H3,(H,20,23)(H,21,25)(H,22,24)/t12-,16-/m1/s1.